The Labute approximate surface area is 141 Å². The summed E-state index contributed by atoms with van der Waals surface area (Å²) in [6, 6.07) is 10.7. The smallest absolute Gasteiger partial charge is 0.355 e. The summed E-state index contributed by atoms with van der Waals surface area (Å²) in [5.41, 5.74) is 1.07. The predicted octanol–water partition coefficient (Wildman–Crippen LogP) is 2.86. The maximum absolute atomic E-state index is 11.4. The maximum Gasteiger partial charge on any atom is 0.355 e. The van der Waals surface area contributed by atoms with Crippen LogP contribution in [0.25, 0.3) is 6.08 Å². The Kier molecular flexibility index (Phi) is 6.02. The molecule has 1 amide bonds. The first-order chi connectivity index (χ1) is 11.1. The van der Waals surface area contributed by atoms with Gasteiger partial charge in [0.05, 0.1) is 0 Å². The highest BCUT2D eigenvalue weighted by atomic mass is 79.9. The number of amides is 1. The lowest BCUT2D eigenvalue weighted by atomic mass is 10.2. The molecule has 1 aromatic carbocycles. The van der Waals surface area contributed by atoms with Gasteiger partial charge in [-0.15, -0.1) is 0 Å². The lowest BCUT2D eigenvalue weighted by Crippen LogP contribution is -2.26. The van der Waals surface area contributed by atoms with Gasteiger partial charge in [-0.1, -0.05) is 30.3 Å². The molecule has 1 heterocycles. The molecule has 1 N–H and O–H groups in total. The van der Waals surface area contributed by atoms with Crippen LogP contribution in [0.1, 0.15) is 11.1 Å². The third-order valence-electron chi connectivity index (χ3n) is 2.86. The molecule has 0 saturated carbocycles. The minimum atomic E-state index is -1.28. The molecule has 0 unspecified atom stereocenters. The molecular formula is C16H13BrN2O4. The number of aromatic nitrogens is 1. The molecule has 0 saturated heterocycles. The average Bonchev–Trinajstić information content (AvgIpc) is 2.56. The highest BCUT2D eigenvalue weighted by molar-refractivity contribution is 9.10. The summed E-state index contributed by atoms with van der Waals surface area (Å²) in [5, 5.41) is 10.0. The molecule has 23 heavy (non-hydrogen) atoms. The Morgan fingerprint density at radius 2 is 2.04 bits per heavy atom. The first-order valence-corrected chi connectivity index (χ1v) is 7.37. The van der Waals surface area contributed by atoms with E-state index < -0.39 is 5.97 Å². The number of carboxylic acid groups (broad SMARTS) is 1. The molecule has 2 rings (SSSR count). The number of rotatable bonds is 7. The second-order valence-corrected chi connectivity index (χ2v) is 5.28. The van der Waals surface area contributed by atoms with Gasteiger partial charge in [-0.2, -0.15) is 5.06 Å². The van der Waals surface area contributed by atoms with Gasteiger partial charge in [0.25, 0.3) is 0 Å². The Morgan fingerprint density at radius 1 is 1.30 bits per heavy atom. The highest BCUT2D eigenvalue weighted by Crippen LogP contribution is 2.19. The van der Waals surface area contributed by atoms with Crippen LogP contribution in [0.2, 0.25) is 0 Å². The van der Waals surface area contributed by atoms with E-state index in [9.17, 15) is 14.7 Å². The van der Waals surface area contributed by atoms with E-state index in [1.165, 1.54) is 18.5 Å². The topological polar surface area (TPSA) is 79.7 Å². The van der Waals surface area contributed by atoms with Crippen molar-refractivity contribution in [3.05, 3.63) is 70.1 Å². The largest absolute Gasteiger partial charge is 0.476 e. The van der Waals surface area contributed by atoms with Gasteiger partial charge >= 0.3 is 5.97 Å². The third-order valence-corrected chi connectivity index (χ3v) is 3.52. The second-order valence-electron chi connectivity index (χ2n) is 4.42. The van der Waals surface area contributed by atoms with Gasteiger partial charge in [-0.05, 0) is 39.2 Å². The fourth-order valence-corrected chi connectivity index (χ4v) is 2.11. The van der Waals surface area contributed by atoms with E-state index in [2.05, 4.69) is 20.9 Å². The van der Waals surface area contributed by atoms with Gasteiger partial charge < -0.3 is 5.11 Å². The number of hydrogen-bond acceptors (Lipinski definition) is 4. The van der Waals surface area contributed by atoms with E-state index in [0.717, 1.165) is 5.56 Å². The molecule has 0 radical (unpaired) electrons. The molecule has 2 aromatic rings. The molecule has 118 valence electrons. The van der Waals surface area contributed by atoms with Crippen LogP contribution in [0.5, 0.6) is 0 Å². The average molecular weight is 377 g/mol. The number of pyridine rings is 1. The quantitative estimate of drug-likeness (QED) is 0.456. The van der Waals surface area contributed by atoms with Crippen LogP contribution in [0.15, 0.2) is 59.0 Å². The monoisotopic (exact) mass is 376 g/mol. The molecule has 6 nitrogen and oxygen atoms in total. The first-order valence-electron chi connectivity index (χ1n) is 6.57. The summed E-state index contributed by atoms with van der Waals surface area (Å²) in [4.78, 5) is 31.9. The number of halogens is 1. The number of nitrogens with zero attached hydrogens (tertiary/aromatic N) is 2. The Hall–Kier alpha value is -2.51. The number of aliphatic carboxylic acids is 1. The van der Waals surface area contributed by atoms with Gasteiger partial charge in [0, 0.05) is 16.9 Å². The number of benzene rings is 1. The minimum absolute atomic E-state index is 0.0711. The number of hydrogen-bond donors (Lipinski definition) is 1. The zero-order valence-corrected chi connectivity index (χ0v) is 13.5. The van der Waals surface area contributed by atoms with Crippen molar-refractivity contribution in [1.29, 1.82) is 0 Å². The molecule has 0 aliphatic heterocycles. The Bertz CT molecular complexity index is 719. The zero-order valence-electron chi connectivity index (χ0n) is 11.9. The van der Waals surface area contributed by atoms with Crippen LogP contribution in [0, 0.1) is 0 Å². The van der Waals surface area contributed by atoms with Gasteiger partial charge in [-0.25, -0.2) is 4.79 Å². The van der Waals surface area contributed by atoms with E-state index in [0.29, 0.717) is 21.5 Å². The molecule has 0 spiro atoms. The van der Waals surface area contributed by atoms with Crippen LogP contribution in [-0.4, -0.2) is 27.5 Å². The number of hydroxylamine groups is 2. The molecule has 0 bridgehead atoms. The molecule has 0 aliphatic carbocycles. The van der Waals surface area contributed by atoms with Crippen LogP contribution in [0.3, 0.4) is 0 Å². The number of carbonyl (C=O) groups excluding carboxylic acids is 1. The van der Waals surface area contributed by atoms with E-state index >= 15 is 0 Å². The van der Waals surface area contributed by atoms with Crippen molar-refractivity contribution in [2.75, 3.05) is 0 Å². The van der Waals surface area contributed by atoms with Crippen molar-refractivity contribution in [3.63, 3.8) is 0 Å². The van der Waals surface area contributed by atoms with E-state index in [1.807, 2.05) is 30.3 Å². The summed E-state index contributed by atoms with van der Waals surface area (Å²) >= 11 is 3.27. The van der Waals surface area contributed by atoms with Crippen molar-refractivity contribution < 1.29 is 19.5 Å². The SMILES string of the molecule is O=CN(OCc1ccccc1)/C(=C/c1ccncc1Br)C(=O)O. The molecule has 0 fully saturated rings. The highest BCUT2D eigenvalue weighted by Gasteiger charge is 2.18. The standard InChI is InChI=1S/C16H13BrN2O4/c17-14-9-18-7-6-13(14)8-15(16(21)22)19(11-20)23-10-12-4-2-1-3-5-12/h1-9,11H,10H2,(H,21,22)/b15-8+. The Morgan fingerprint density at radius 3 is 2.65 bits per heavy atom. The second kappa shape index (κ2) is 8.21. The molecule has 0 atom stereocenters. The normalized spacial score (nSPS) is 11.1. The summed E-state index contributed by atoms with van der Waals surface area (Å²) in [6.07, 6.45) is 4.69. The fraction of sp³-hybridized carbons (Fsp3) is 0.0625. The van der Waals surface area contributed by atoms with E-state index in [-0.39, 0.29) is 12.3 Å². The number of carbonyl (C=O) groups is 2. The summed E-state index contributed by atoms with van der Waals surface area (Å²) < 4.78 is 0.604. The fourth-order valence-electron chi connectivity index (χ4n) is 1.74. The van der Waals surface area contributed by atoms with Crippen molar-refractivity contribution in [1.82, 2.24) is 10.0 Å². The van der Waals surface area contributed by atoms with Crippen molar-refractivity contribution in [2.24, 2.45) is 0 Å². The summed E-state index contributed by atoms with van der Waals surface area (Å²) in [7, 11) is 0. The summed E-state index contributed by atoms with van der Waals surface area (Å²) in [6.45, 7) is 0.0711. The maximum atomic E-state index is 11.4. The van der Waals surface area contributed by atoms with E-state index in [4.69, 9.17) is 4.84 Å². The zero-order chi connectivity index (χ0) is 16.7. The van der Waals surface area contributed by atoms with Crippen molar-refractivity contribution >= 4 is 34.4 Å². The van der Waals surface area contributed by atoms with Crippen molar-refractivity contribution in [2.45, 2.75) is 6.61 Å². The van der Waals surface area contributed by atoms with E-state index in [1.54, 1.807) is 6.07 Å². The Balaban J connectivity index is 2.22. The van der Waals surface area contributed by atoms with Gasteiger partial charge in [0.15, 0.2) is 5.70 Å². The molecule has 0 aliphatic rings. The van der Waals surface area contributed by atoms with Crippen LogP contribution >= 0.6 is 15.9 Å². The first kappa shape index (κ1) is 16.9. The lowest BCUT2D eigenvalue weighted by Gasteiger charge is -2.17. The molecule has 1 aromatic heterocycles. The minimum Gasteiger partial charge on any atom is -0.476 e. The lowest BCUT2D eigenvalue weighted by molar-refractivity contribution is -0.171. The molecule has 7 heteroatoms. The van der Waals surface area contributed by atoms with Crippen LogP contribution < -0.4 is 0 Å². The summed E-state index contributed by atoms with van der Waals surface area (Å²) in [5.74, 6) is -1.28. The third kappa shape index (κ3) is 4.73. The van der Waals surface area contributed by atoms with Gasteiger partial charge in [0.2, 0.25) is 6.41 Å². The van der Waals surface area contributed by atoms with Crippen LogP contribution in [-0.2, 0) is 21.0 Å². The molecular weight excluding hydrogens is 364 g/mol. The number of carboxylic acids is 1. The van der Waals surface area contributed by atoms with Crippen LogP contribution in [0.4, 0.5) is 0 Å². The van der Waals surface area contributed by atoms with Crippen molar-refractivity contribution in [3.8, 4) is 0 Å². The van der Waals surface area contributed by atoms with Gasteiger partial charge in [0.1, 0.15) is 6.61 Å². The van der Waals surface area contributed by atoms with Gasteiger partial charge in [-0.3, -0.25) is 14.6 Å². The predicted molar refractivity (Wildman–Crippen MR) is 86.7 cm³/mol.